The number of carbonyl (C=O) groups is 3. The number of thioether (sulfide) groups is 1. The largest absolute Gasteiger partial charge is 0.497 e. The van der Waals surface area contributed by atoms with E-state index >= 15 is 0 Å². The Morgan fingerprint density at radius 1 is 1.18 bits per heavy atom. The van der Waals surface area contributed by atoms with Crippen molar-refractivity contribution >= 4 is 46.2 Å². The molecular formula is C19H18N2O5S2. The lowest BCUT2D eigenvalue weighted by Gasteiger charge is -2.13. The molecule has 2 aromatic rings. The van der Waals surface area contributed by atoms with E-state index in [2.05, 4.69) is 5.32 Å². The normalized spacial score (nSPS) is 15.2. The van der Waals surface area contributed by atoms with E-state index in [0.29, 0.717) is 16.4 Å². The summed E-state index contributed by atoms with van der Waals surface area (Å²) in [6.45, 7) is 0.113. The van der Waals surface area contributed by atoms with Crippen LogP contribution in [0.2, 0.25) is 0 Å². The first kappa shape index (κ1) is 20.0. The molecule has 1 N–H and O–H groups in total. The average molecular weight is 418 g/mol. The quantitative estimate of drug-likeness (QED) is 0.664. The fourth-order valence-corrected chi connectivity index (χ4v) is 3.96. The molecule has 0 saturated carbocycles. The van der Waals surface area contributed by atoms with Crippen LogP contribution in [-0.4, -0.2) is 48.8 Å². The molecule has 3 rings (SSSR count). The number of carbonyl (C=O) groups excluding carboxylic acids is 3. The Balaban J connectivity index is 1.43. The Hall–Kier alpha value is -2.78. The van der Waals surface area contributed by atoms with Crippen molar-refractivity contribution in [3.05, 3.63) is 51.6 Å². The second kappa shape index (κ2) is 9.43. The van der Waals surface area contributed by atoms with Gasteiger partial charge in [0.15, 0.2) is 6.61 Å². The molecule has 9 heteroatoms. The highest BCUT2D eigenvalue weighted by Crippen LogP contribution is 2.32. The van der Waals surface area contributed by atoms with E-state index < -0.39 is 0 Å². The Morgan fingerprint density at radius 2 is 1.93 bits per heavy atom. The molecule has 0 unspecified atom stereocenters. The van der Waals surface area contributed by atoms with Crippen molar-refractivity contribution in [1.82, 2.24) is 10.2 Å². The number of thiophene rings is 1. The lowest BCUT2D eigenvalue weighted by Crippen LogP contribution is -2.38. The second-order valence-electron chi connectivity index (χ2n) is 5.66. The molecule has 1 aromatic carbocycles. The van der Waals surface area contributed by atoms with E-state index in [4.69, 9.17) is 9.47 Å². The monoisotopic (exact) mass is 418 g/mol. The van der Waals surface area contributed by atoms with E-state index in [0.717, 1.165) is 21.5 Å². The fraction of sp³-hybridized carbons (Fsp3) is 0.211. The van der Waals surface area contributed by atoms with Gasteiger partial charge < -0.3 is 14.8 Å². The molecule has 3 amide bonds. The van der Waals surface area contributed by atoms with E-state index in [-0.39, 0.29) is 36.7 Å². The molecule has 2 heterocycles. The van der Waals surface area contributed by atoms with Gasteiger partial charge in [-0.3, -0.25) is 19.3 Å². The van der Waals surface area contributed by atoms with Crippen molar-refractivity contribution < 1.29 is 23.9 Å². The van der Waals surface area contributed by atoms with Crippen molar-refractivity contribution in [3.63, 3.8) is 0 Å². The maximum Gasteiger partial charge on any atom is 0.293 e. The zero-order valence-electron chi connectivity index (χ0n) is 15.0. The van der Waals surface area contributed by atoms with Gasteiger partial charge in [-0.05, 0) is 53.5 Å². The zero-order valence-corrected chi connectivity index (χ0v) is 16.7. The van der Waals surface area contributed by atoms with Crippen molar-refractivity contribution in [2.45, 2.75) is 0 Å². The van der Waals surface area contributed by atoms with E-state index in [1.54, 1.807) is 37.5 Å². The Bertz CT molecular complexity index is 878. The minimum Gasteiger partial charge on any atom is -0.497 e. The van der Waals surface area contributed by atoms with Crippen LogP contribution in [0.3, 0.4) is 0 Å². The number of benzene rings is 1. The molecule has 1 aliphatic heterocycles. The molecule has 28 heavy (non-hydrogen) atoms. The maximum absolute atomic E-state index is 12.4. The third kappa shape index (κ3) is 5.14. The van der Waals surface area contributed by atoms with Crippen LogP contribution in [-0.2, 0) is 9.59 Å². The molecule has 1 aliphatic rings. The molecule has 0 aliphatic carbocycles. The number of nitrogens with zero attached hydrogens (tertiary/aromatic N) is 1. The number of imide groups is 1. The van der Waals surface area contributed by atoms with Crippen LogP contribution in [0.15, 0.2) is 46.7 Å². The molecule has 1 aromatic heterocycles. The summed E-state index contributed by atoms with van der Waals surface area (Å²) in [5.41, 5.74) is 0. The maximum atomic E-state index is 12.4. The fourth-order valence-electron chi connectivity index (χ4n) is 2.37. The molecule has 146 valence electrons. The second-order valence-corrected chi connectivity index (χ2v) is 7.64. The summed E-state index contributed by atoms with van der Waals surface area (Å²) in [6.07, 6.45) is 1.71. The van der Waals surface area contributed by atoms with Crippen LogP contribution >= 0.6 is 23.1 Å². The third-order valence-electron chi connectivity index (χ3n) is 3.78. The number of amides is 3. The van der Waals surface area contributed by atoms with Gasteiger partial charge in [-0.25, -0.2) is 0 Å². The van der Waals surface area contributed by atoms with Gasteiger partial charge in [0.2, 0.25) is 0 Å². The summed E-state index contributed by atoms with van der Waals surface area (Å²) in [6, 6.07) is 10.6. The number of methoxy groups -OCH3 is 1. The van der Waals surface area contributed by atoms with Crippen molar-refractivity contribution in [1.29, 1.82) is 0 Å². The van der Waals surface area contributed by atoms with Gasteiger partial charge in [-0.15, -0.1) is 11.3 Å². The molecular weight excluding hydrogens is 400 g/mol. The molecule has 7 nitrogen and oxygen atoms in total. The summed E-state index contributed by atoms with van der Waals surface area (Å²) in [7, 11) is 1.57. The first-order valence-electron chi connectivity index (χ1n) is 8.39. The number of hydrogen-bond acceptors (Lipinski definition) is 7. The smallest absolute Gasteiger partial charge is 0.293 e. The van der Waals surface area contributed by atoms with Gasteiger partial charge in [0.25, 0.3) is 17.1 Å². The number of hydrogen-bond donors (Lipinski definition) is 1. The SMILES string of the molecule is COc1ccc(OCC(=O)NCCN2C(=O)S/C(=C/c3cccs3)C2=O)cc1. The highest BCUT2D eigenvalue weighted by Gasteiger charge is 2.34. The number of nitrogens with one attached hydrogen (secondary N) is 1. The van der Waals surface area contributed by atoms with Crippen LogP contribution in [0.1, 0.15) is 4.88 Å². The van der Waals surface area contributed by atoms with Crippen LogP contribution < -0.4 is 14.8 Å². The van der Waals surface area contributed by atoms with Gasteiger partial charge in [-0.2, -0.15) is 0 Å². The summed E-state index contributed by atoms with van der Waals surface area (Å²) in [5.74, 6) is 0.562. The van der Waals surface area contributed by atoms with Gasteiger partial charge in [0.05, 0.1) is 12.0 Å². The Morgan fingerprint density at radius 3 is 2.61 bits per heavy atom. The lowest BCUT2D eigenvalue weighted by atomic mass is 10.3. The number of rotatable bonds is 8. The van der Waals surface area contributed by atoms with Crippen LogP contribution in [0.5, 0.6) is 11.5 Å². The zero-order chi connectivity index (χ0) is 19.9. The molecule has 1 saturated heterocycles. The van der Waals surface area contributed by atoms with Gasteiger partial charge >= 0.3 is 0 Å². The van der Waals surface area contributed by atoms with E-state index in [1.807, 2.05) is 17.5 Å². The van der Waals surface area contributed by atoms with Crippen LogP contribution in [0, 0.1) is 0 Å². The molecule has 0 atom stereocenters. The van der Waals surface area contributed by atoms with Gasteiger partial charge in [0.1, 0.15) is 11.5 Å². The summed E-state index contributed by atoms with van der Waals surface area (Å²) in [5, 5.41) is 4.21. The standard InChI is InChI=1S/C19H18N2O5S2/c1-25-13-4-6-14(7-5-13)26-12-17(22)20-8-9-21-18(23)16(28-19(21)24)11-15-3-2-10-27-15/h2-7,10-11H,8-9,12H2,1H3,(H,20,22)/b16-11+. The van der Waals surface area contributed by atoms with Gasteiger partial charge in [0, 0.05) is 18.0 Å². The van der Waals surface area contributed by atoms with Crippen molar-refractivity contribution in [3.8, 4) is 11.5 Å². The summed E-state index contributed by atoms with van der Waals surface area (Å²) in [4.78, 5) is 38.7. The average Bonchev–Trinajstić information content (AvgIpc) is 3.30. The van der Waals surface area contributed by atoms with Crippen LogP contribution in [0.4, 0.5) is 4.79 Å². The molecule has 0 radical (unpaired) electrons. The molecule has 1 fully saturated rings. The molecule has 0 bridgehead atoms. The highest BCUT2D eigenvalue weighted by molar-refractivity contribution is 8.18. The first-order valence-corrected chi connectivity index (χ1v) is 10.1. The predicted molar refractivity (Wildman–Crippen MR) is 108 cm³/mol. The number of ether oxygens (including phenoxy) is 2. The summed E-state index contributed by atoms with van der Waals surface area (Å²) < 4.78 is 10.4. The van der Waals surface area contributed by atoms with Crippen molar-refractivity contribution in [2.24, 2.45) is 0 Å². The Kier molecular flexibility index (Phi) is 6.72. The minimum absolute atomic E-state index is 0.112. The van der Waals surface area contributed by atoms with E-state index in [1.165, 1.54) is 11.3 Å². The lowest BCUT2D eigenvalue weighted by molar-refractivity contribution is -0.125. The van der Waals surface area contributed by atoms with E-state index in [9.17, 15) is 14.4 Å². The van der Waals surface area contributed by atoms with Gasteiger partial charge in [-0.1, -0.05) is 6.07 Å². The molecule has 0 spiro atoms. The predicted octanol–water partition coefficient (Wildman–Crippen LogP) is 2.99. The van der Waals surface area contributed by atoms with Crippen LogP contribution in [0.25, 0.3) is 6.08 Å². The summed E-state index contributed by atoms with van der Waals surface area (Å²) >= 11 is 2.40. The topological polar surface area (TPSA) is 84.9 Å². The minimum atomic E-state index is -0.341. The Labute approximate surface area is 170 Å². The third-order valence-corrected chi connectivity index (χ3v) is 5.50. The highest BCUT2D eigenvalue weighted by atomic mass is 32.2. The van der Waals surface area contributed by atoms with Crippen molar-refractivity contribution in [2.75, 3.05) is 26.8 Å². The first-order chi connectivity index (χ1) is 13.6.